The molecule has 0 heterocycles. The zero-order valence-electron chi connectivity index (χ0n) is 9.14. The number of hydrogen-bond acceptors (Lipinski definition) is 5. The number of benzene rings is 1. The zero-order valence-corrected chi connectivity index (χ0v) is 9.14. The molecular weight excluding hydrogens is 212 g/mol. The monoisotopic (exact) mass is 226 g/mol. The van der Waals surface area contributed by atoms with Crippen LogP contribution in [0.3, 0.4) is 0 Å². The van der Waals surface area contributed by atoms with Crippen LogP contribution >= 0.6 is 0 Å². The number of carbonyl (C=O) groups is 1. The molecule has 2 N–H and O–H groups in total. The van der Waals surface area contributed by atoms with Crippen molar-refractivity contribution in [2.45, 2.75) is 19.4 Å². The SMILES string of the molecule is COC(=O)CC(C)Oc1cccc(O)c1O. The molecule has 16 heavy (non-hydrogen) atoms. The van der Waals surface area contributed by atoms with Crippen molar-refractivity contribution >= 4 is 5.97 Å². The molecule has 1 aromatic rings. The molecule has 1 aromatic carbocycles. The predicted molar refractivity (Wildman–Crippen MR) is 56.5 cm³/mol. The second kappa shape index (κ2) is 5.25. The number of hydrogen-bond donors (Lipinski definition) is 2. The van der Waals surface area contributed by atoms with Crippen molar-refractivity contribution in [3.05, 3.63) is 18.2 Å². The summed E-state index contributed by atoms with van der Waals surface area (Å²) < 4.78 is 9.77. The molecule has 0 bridgehead atoms. The first kappa shape index (κ1) is 12.2. The second-order valence-corrected chi connectivity index (χ2v) is 3.33. The second-order valence-electron chi connectivity index (χ2n) is 3.33. The highest BCUT2D eigenvalue weighted by molar-refractivity contribution is 5.69. The van der Waals surface area contributed by atoms with Gasteiger partial charge in [0.05, 0.1) is 13.5 Å². The van der Waals surface area contributed by atoms with Crippen LogP contribution in [-0.2, 0) is 9.53 Å². The van der Waals surface area contributed by atoms with E-state index < -0.39 is 12.1 Å². The van der Waals surface area contributed by atoms with E-state index >= 15 is 0 Å². The number of methoxy groups -OCH3 is 1. The van der Waals surface area contributed by atoms with E-state index in [1.54, 1.807) is 6.92 Å². The average molecular weight is 226 g/mol. The maximum absolute atomic E-state index is 11.0. The Morgan fingerprint density at radius 1 is 1.44 bits per heavy atom. The van der Waals surface area contributed by atoms with Crippen LogP contribution in [0.4, 0.5) is 0 Å². The molecule has 0 saturated heterocycles. The number of phenols is 2. The van der Waals surface area contributed by atoms with Crippen LogP contribution in [0.1, 0.15) is 13.3 Å². The van der Waals surface area contributed by atoms with Crippen LogP contribution < -0.4 is 4.74 Å². The lowest BCUT2D eigenvalue weighted by molar-refractivity contribution is -0.142. The highest BCUT2D eigenvalue weighted by atomic mass is 16.5. The smallest absolute Gasteiger partial charge is 0.309 e. The van der Waals surface area contributed by atoms with Crippen molar-refractivity contribution < 1.29 is 24.5 Å². The lowest BCUT2D eigenvalue weighted by Crippen LogP contribution is -2.17. The molecule has 0 radical (unpaired) electrons. The Kier molecular flexibility index (Phi) is 3.99. The van der Waals surface area contributed by atoms with Gasteiger partial charge in [0.15, 0.2) is 11.5 Å². The third-order valence-corrected chi connectivity index (χ3v) is 1.99. The standard InChI is InChI=1S/C11H14O5/c1-7(6-10(13)15-2)16-9-5-3-4-8(12)11(9)14/h3-5,7,12,14H,6H2,1-2H3. The summed E-state index contributed by atoms with van der Waals surface area (Å²) >= 11 is 0. The summed E-state index contributed by atoms with van der Waals surface area (Å²) in [6, 6.07) is 4.38. The van der Waals surface area contributed by atoms with E-state index in [4.69, 9.17) is 4.74 Å². The first-order chi connectivity index (χ1) is 7.54. The van der Waals surface area contributed by atoms with Crippen molar-refractivity contribution in [2.24, 2.45) is 0 Å². The molecule has 0 aliphatic heterocycles. The van der Waals surface area contributed by atoms with Gasteiger partial charge in [0.2, 0.25) is 5.75 Å². The van der Waals surface area contributed by atoms with E-state index in [1.807, 2.05) is 0 Å². The van der Waals surface area contributed by atoms with Gasteiger partial charge in [0, 0.05) is 0 Å². The topological polar surface area (TPSA) is 76.0 Å². The Hall–Kier alpha value is -1.91. The quantitative estimate of drug-likeness (QED) is 0.600. The molecule has 88 valence electrons. The summed E-state index contributed by atoms with van der Waals surface area (Å²) in [7, 11) is 1.29. The summed E-state index contributed by atoms with van der Waals surface area (Å²) in [4.78, 5) is 11.0. The lowest BCUT2D eigenvalue weighted by Gasteiger charge is -2.14. The van der Waals surface area contributed by atoms with Crippen molar-refractivity contribution in [2.75, 3.05) is 7.11 Å². The van der Waals surface area contributed by atoms with E-state index in [0.717, 1.165) is 0 Å². The molecule has 1 rings (SSSR count). The van der Waals surface area contributed by atoms with E-state index in [-0.39, 0.29) is 23.7 Å². The van der Waals surface area contributed by atoms with Crippen LogP contribution in [0.5, 0.6) is 17.2 Å². The fraction of sp³-hybridized carbons (Fsp3) is 0.364. The third-order valence-electron chi connectivity index (χ3n) is 1.99. The van der Waals surface area contributed by atoms with Crippen molar-refractivity contribution in [1.82, 2.24) is 0 Å². The highest BCUT2D eigenvalue weighted by Gasteiger charge is 2.14. The molecule has 0 aliphatic rings. The van der Waals surface area contributed by atoms with Gasteiger partial charge >= 0.3 is 5.97 Å². The molecule has 0 saturated carbocycles. The van der Waals surface area contributed by atoms with Crippen LogP contribution in [0.2, 0.25) is 0 Å². The Morgan fingerprint density at radius 3 is 2.75 bits per heavy atom. The molecule has 1 unspecified atom stereocenters. The van der Waals surface area contributed by atoms with Gasteiger partial charge in [-0.15, -0.1) is 0 Å². The summed E-state index contributed by atoms with van der Waals surface area (Å²) in [5.74, 6) is -0.856. The van der Waals surface area contributed by atoms with Crippen LogP contribution in [0.15, 0.2) is 18.2 Å². The van der Waals surface area contributed by atoms with Gasteiger partial charge < -0.3 is 19.7 Å². The molecule has 5 heteroatoms. The number of phenolic OH excluding ortho intramolecular Hbond substituents is 2. The van der Waals surface area contributed by atoms with Gasteiger partial charge in [-0.25, -0.2) is 0 Å². The minimum absolute atomic E-state index is 0.0750. The predicted octanol–water partition coefficient (Wildman–Crippen LogP) is 1.43. The maximum atomic E-state index is 11.0. The minimum atomic E-state index is -0.444. The van der Waals surface area contributed by atoms with Crippen LogP contribution in [0, 0.1) is 0 Å². The Morgan fingerprint density at radius 2 is 2.12 bits per heavy atom. The molecule has 0 aliphatic carbocycles. The van der Waals surface area contributed by atoms with Gasteiger partial charge in [-0.1, -0.05) is 6.07 Å². The Balaban J connectivity index is 2.66. The van der Waals surface area contributed by atoms with E-state index in [9.17, 15) is 15.0 Å². The van der Waals surface area contributed by atoms with Gasteiger partial charge in [0.1, 0.15) is 6.10 Å². The average Bonchev–Trinajstić information content (AvgIpc) is 2.24. The summed E-state index contributed by atoms with van der Waals surface area (Å²) in [5, 5.41) is 18.7. The molecule has 5 nitrogen and oxygen atoms in total. The van der Waals surface area contributed by atoms with E-state index in [2.05, 4.69) is 4.74 Å². The van der Waals surface area contributed by atoms with Crippen LogP contribution in [-0.4, -0.2) is 29.4 Å². The van der Waals surface area contributed by atoms with E-state index in [1.165, 1.54) is 25.3 Å². The van der Waals surface area contributed by atoms with Crippen LogP contribution in [0.25, 0.3) is 0 Å². The molecular formula is C11H14O5. The third kappa shape index (κ3) is 3.05. The fourth-order valence-corrected chi connectivity index (χ4v) is 1.18. The lowest BCUT2D eigenvalue weighted by atomic mass is 10.2. The zero-order chi connectivity index (χ0) is 12.1. The molecule has 1 atom stereocenters. The number of esters is 1. The van der Waals surface area contributed by atoms with Gasteiger partial charge in [0.25, 0.3) is 0 Å². The largest absolute Gasteiger partial charge is 0.504 e. The summed E-state index contributed by atoms with van der Waals surface area (Å²) in [5.41, 5.74) is 0. The normalized spacial score (nSPS) is 11.9. The van der Waals surface area contributed by atoms with Crippen molar-refractivity contribution in [1.29, 1.82) is 0 Å². The van der Waals surface area contributed by atoms with Gasteiger partial charge in [-0.05, 0) is 19.1 Å². The number of para-hydroxylation sites is 1. The Labute approximate surface area is 93.2 Å². The van der Waals surface area contributed by atoms with E-state index in [0.29, 0.717) is 0 Å². The number of rotatable bonds is 4. The minimum Gasteiger partial charge on any atom is -0.504 e. The molecule has 0 amide bonds. The highest BCUT2D eigenvalue weighted by Crippen LogP contribution is 2.35. The molecule has 0 fully saturated rings. The fourth-order valence-electron chi connectivity index (χ4n) is 1.18. The Bertz CT molecular complexity index is 375. The number of aromatic hydroxyl groups is 2. The van der Waals surface area contributed by atoms with Gasteiger partial charge in [-0.3, -0.25) is 4.79 Å². The number of ether oxygens (including phenoxy) is 2. The summed E-state index contributed by atoms with van der Waals surface area (Å²) in [6.07, 6.45) is -0.369. The van der Waals surface area contributed by atoms with Crippen molar-refractivity contribution in [3.63, 3.8) is 0 Å². The first-order valence-corrected chi connectivity index (χ1v) is 4.79. The van der Waals surface area contributed by atoms with Gasteiger partial charge in [-0.2, -0.15) is 0 Å². The molecule has 0 aromatic heterocycles. The number of carbonyl (C=O) groups excluding carboxylic acids is 1. The van der Waals surface area contributed by atoms with Crippen molar-refractivity contribution in [3.8, 4) is 17.2 Å². The summed E-state index contributed by atoms with van der Waals surface area (Å²) in [6.45, 7) is 1.67. The molecule has 0 spiro atoms. The maximum Gasteiger partial charge on any atom is 0.309 e. The first-order valence-electron chi connectivity index (χ1n) is 4.79.